The molecular weight excluding hydrogens is 266 g/mol. The molecule has 4 heteroatoms. The fourth-order valence-corrected chi connectivity index (χ4v) is 1.84. The van der Waals surface area contributed by atoms with Crippen molar-refractivity contribution in [3.05, 3.63) is 53.0 Å². The van der Waals surface area contributed by atoms with Crippen LogP contribution in [0.15, 0.2) is 34.9 Å². The highest BCUT2D eigenvalue weighted by Gasteiger charge is 2.11. The molecular formula is C17H17NO3. The molecule has 2 aromatic rings. The minimum absolute atomic E-state index is 0.0227. The van der Waals surface area contributed by atoms with Crippen molar-refractivity contribution in [3.8, 4) is 11.8 Å². The van der Waals surface area contributed by atoms with Crippen LogP contribution in [0.5, 0.6) is 0 Å². The van der Waals surface area contributed by atoms with E-state index < -0.39 is 0 Å². The molecule has 0 atom stereocenters. The molecule has 0 saturated carbocycles. The van der Waals surface area contributed by atoms with E-state index in [1.54, 1.807) is 13.0 Å². The van der Waals surface area contributed by atoms with Crippen LogP contribution in [-0.2, 0) is 0 Å². The van der Waals surface area contributed by atoms with Gasteiger partial charge in [0.1, 0.15) is 12.0 Å². The third-order valence-corrected chi connectivity index (χ3v) is 2.88. The number of anilines is 1. The van der Waals surface area contributed by atoms with Crippen LogP contribution in [0.1, 0.15) is 33.7 Å². The molecule has 0 unspecified atom stereocenters. The topological polar surface area (TPSA) is 62.5 Å². The van der Waals surface area contributed by atoms with Crippen LogP contribution >= 0.6 is 0 Å². The number of hydrogen-bond donors (Lipinski definition) is 2. The molecule has 21 heavy (non-hydrogen) atoms. The van der Waals surface area contributed by atoms with E-state index in [1.807, 2.05) is 25.1 Å². The number of aliphatic hydroxyl groups is 1. The molecule has 0 spiro atoms. The van der Waals surface area contributed by atoms with Crippen molar-refractivity contribution >= 4 is 11.6 Å². The van der Waals surface area contributed by atoms with Crippen LogP contribution < -0.4 is 5.32 Å². The minimum atomic E-state index is -0.234. The molecule has 0 saturated heterocycles. The quantitative estimate of drug-likeness (QED) is 0.851. The lowest BCUT2D eigenvalue weighted by Crippen LogP contribution is -2.12. The van der Waals surface area contributed by atoms with E-state index in [0.717, 1.165) is 11.1 Å². The number of aryl methyl sites for hydroxylation is 2. The standard InChI is InChI=1S/C17H17NO3/c1-12-6-7-14(5-3-4-8-19)16(9-12)18-17(20)15-10-13(2)21-11-15/h6-7,9-11,19H,4,8H2,1-2H3,(H,18,20). The van der Waals surface area contributed by atoms with Gasteiger partial charge in [0, 0.05) is 12.0 Å². The number of rotatable bonds is 3. The molecule has 0 aliphatic heterocycles. The average Bonchev–Trinajstić information content (AvgIpc) is 2.88. The molecule has 1 aromatic heterocycles. The Balaban J connectivity index is 2.24. The van der Waals surface area contributed by atoms with Crippen molar-refractivity contribution in [1.82, 2.24) is 0 Å². The van der Waals surface area contributed by atoms with Crippen molar-refractivity contribution in [2.45, 2.75) is 20.3 Å². The van der Waals surface area contributed by atoms with E-state index in [-0.39, 0.29) is 12.5 Å². The van der Waals surface area contributed by atoms with E-state index in [1.165, 1.54) is 6.26 Å². The SMILES string of the molecule is Cc1ccc(C#CCCO)c(NC(=O)c2coc(C)c2)c1. The van der Waals surface area contributed by atoms with Gasteiger partial charge in [-0.1, -0.05) is 17.9 Å². The maximum absolute atomic E-state index is 12.2. The van der Waals surface area contributed by atoms with Gasteiger partial charge >= 0.3 is 0 Å². The van der Waals surface area contributed by atoms with Crippen LogP contribution in [0, 0.1) is 25.7 Å². The molecule has 108 valence electrons. The summed E-state index contributed by atoms with van der Waals surface area (Å²) in [5.41, 5.74) is 2.89. The second-order valence-corrected chi connectivity index (χ2v) is 4.72. The monoisotopic (exact) mass is 283 g/mol. The molecule has 0 aliphatic rings. The Morgan fingerprint density at radius 2 is 2.14 bits per heavy atom. The maximum Gasteiger partial charge on any atom is 0.258 e. The number of amides is 1. The number of hydrogen-bond acceptors (Lipinski definition) is 3. The Bertz CT molecular complexity index is 704. The zero-order chi connectivity index (χ0) is 15.2. The molecule has 2 N–H and O–H groups in total. The highest BCUT2D eigenvalue weighted by molar-refractivity contribution is 6.04. The Kier molecular flexibility index (Phi) is 4.81. The van der Waals surface area contributed by atoms with Crippen LogP contribution in [0.4, 0.5) is 5.69 Å². The summed E-state index contributed by atoms with van der Waals surface area (Å²) in [6, 6.07) is 7.34. The first-order valence-corrected chi connectivity index (χ1v) is 6.67. The predicted octanol–water partition coefficient (Wildman–Crippen LogP) is 2.88. The summed E-state index contributed by atoms with van der Waals surface area (Å²) >= 11 is 0. The fraction of sp³-hybridized carbons (Fsp3) is 0.235. The summed E-state index contributed by atoms with van der Waals surface area (Å²) in [7, 11) is 0. The summed E-state index contributed by atoms with van der Waals surface area (Å²) in [5.74, 6) is 6.27. The highest BCUT2D eigenvalue weighted by Crippen LogP contribution is 2.18. The van der Waals surface area contributed by atoms with Crippen molar-refractivity contribution in [2.24, 2.45) is 0 Å². The maximum atomic E-state index is 12.2. The number of nitrogens with one attached hydrogen (secondary N) is 1. The molecule has 1 heterocycles. The van der Waals surface area contributed by atoms with Gasteiger partial charge in [0.2, 0.25) is 0 Å². The summed E-state index contributed by atoms with van der Waals surface area (Å²) in [6.45, 7) is 3.76. The summed E-state index contributed by atoms with van der Waals surface area (Å²) in [6.07, 6.45) is 1.83. The molecule has 1 aromatic carbocycles. The number of aliphatic hydroxyl groups excluding tert-OH is 1. The van der Waals surface area contributed by atoms with Crippen molar-refractivity contribution < 1.29 is 14.3 Å². The van der Waals surface area contributed by atoms with Crippen molar-refractivity contribution in [3.63, 3.8) is 0 Å². The van der Waals surface area contributed by atoms with Gasteiger partial charge in [-0.2, -0.15) is 0 Å². The molecule has 4 nitrogen and oxygen atoms in total. The normalized spacial score (nSPS) is 9.86. The van der Waals surface area contributed by atoms with Gasteiger partial charge in [-0.25, -0.2) is 0 Å². The van der Waals surface area contributed by atoms with Gasteiger partial charge in [0.15, 0.2) is 0 Å². The summed E-state index contributed by atoms with van der Waals surface area (Å²) in [4.78, 5) is 12.2. The Morgan fingerprint density at radius 1 is 1.33 bits per heavy atom. The lowest BCUT2D eigenvalue weighted by atomic mass is 10.1. The van der Waals surface area contributed by atoms with Crippen molar-refractivity contribution in [1.29, 1.82) is 0 Å². The van der Waals surface area contributed by atoms with E-state index in [9.17, 15) is 4.79 Å². The van der Waals surface area contributed by atoms with E-state index in [4.69, 9.17) is 9.52 Å². The fourth-order valence-electron chi connectivity index (χ4n) is 1.84. The van der Waals surface area contributed by atoms with Crippen LogP contribution in [0.2, 0.25) is 0 Å². The first-order valence-electron chi connectivity index (χ1n) is 6.67. The van der Waals surface area contributed by atoms with Gasteiger partial charge < -0.3 is 14.8 Å². The summed E-state index contributed by atoms with van der Waals surface area (Å²) in [5, 5.41) is 11.6. The van der Waals surface area contributed by atoms with Crippen molar-refractivity contribution in [2.75, 3.05) is 11.9 Å². The average molecular weight is 283 g/mol. The zero-order valence-electron chi connectivity index (χ0n) is 12.1. The molecule has 0 aliphatic carbocycles. The number of furan rings is 1. The van der Waals surface area contributed by atoms with Crippen LogP contribution in [0.3, 0.4) is 0 Å². The van der Waals surface area contributed by atoms with E-state index in [2.05, 4.69) is 17.2 Å². The largest absolute Gasteiger partial charge is 0.469 e. The lowest BCUT2D eigenvalue weighted by Gasteiger charge is -2.07. The summed E-state index contributed by atoms with van der Waals surface area (Å²) < 4.78 is 5.14. The van der Waals surface area contributed by atoms with Gasteiger partial charge in [0.25, 0.3) is 5.91 Å². The first-order chi connectivity index (χ1) is 10.1. The molecule has 1 amide bonds. The van der Waals surface area contributed by atoms with Crippen LogP contribution in [0.25, 0.3) is 0 Å². The van der Waals surface area contributed by atoms with Crippen LogP contribution in [-0.4, -0.2) is 17.6 Å². The van der Waals surface area contributed by atoms with E-state index in [0.29, 0.717) is 23.4 Å². The second-order valence-electron chi connectivity index (χ2n) is 4.72. The Hall–Kier alpha value is -2.51. The predicted molar refractivity (Wildman–Crippen MR) is 81.2 cm³/mol. The molecule has 2 rings (SSSR count). The third-order valence-electron chi connectivity index (χ3n) is 2.88. The van der Waals surface area contributed by atoms with Gasteiger partial charge in [-0.3, -0.25) is 4.79 Å². The molecule has 0 fully saturated rings. The third kappa shape index (κ3) is 3.98. The number of benzene rings is 1. The van der Waals surface area contributed by atoms with Gasteiger partial charge in [-0.05, 0) is 37.6 Å². The van der Waals surface area contributed by atoms with E-state index >= 15 is 0 Å². The lowest BCUT2D eigenvalue weighted by molar-refractivity contribution is 0.102. The number of carbonyl (C=O) groups is 1. The molecule has 0 radical (unpaired) electrons. The smallest absolute Gasteiger partial charge is 0.258 e. The van der Waals surface area contributed by atoms with Gasteiger partial charge in [0.05, 0.1) is 17.9 Å². The Morgan fingerprint density at radius 3 is 2.81 bits per heavy atom. The zero-order valence-corrected chi connectivity index (χ0v) is 12.1. The number of carbonyl (C=O) groups excluding carboxylic acids is 1. The minimum Gasteiger partial charge on any atom is -0.469 e. The Labute approximate surface area is 123 Å². The molecule has 0 bridgehead atoms. The highest BCUT2D eigenvalue weighted by atomic mass is 16.3. The second kappa shape index (κ2) is 6.78. The van der Waals surface area contributed by atoms with Gasteiger partial charge in [-0.15, -0.1) is 0 Å². The first kappa shape index (κ1) is 14.9.